The normalized spacial score (nSPS) is 23.0. The topological polar surface area (TPSA) is 46.6 Å². The monoisotopic (exact) mass is 489 g/mol. The van der Waals surface area contributed by atoms with Crippen molar-refractivity contribution in [3.05, 3.63) is 74.1 Å². The number of carbonyl (C=O) groups excluding carboxylic acids is 2. The van der Waals surface area contributed by atoms with Crippen molar-refractivity contribution < 1.29 is 14.4 Å². The Morgan fingerprint density at radius 2 is 1.94 bits per heavy atom. The van der Waals surface area contributed by atoms with E-state index in [0.717, 1.165) is 23.1 Å². The van der Waals surface area contributed by atoms with Crippen LogP contribution < -0.4 is 0 Å². The van der Waals surface area contributed by atoms with Crippen LogP contribution in [0.4, 0.5) is 0 Å². The van der Waals surface area contributed by atoms with E-state index < -0.39 is 5.92 Å². The van der Waals surface area contributed by atoms with Crippen molar-refractivity contribution in [2.75, 3.05) is 13.2 Å². The fraction of sp³-hybridized carbons (Fsp3) is 0.360. The van der Waals surface area contributed by atoms with Crippen LogP contribution in [0.3, 0.4) is 0 Å². The lowest BCUT2D eigenvalue weighted by molar-refractivity contribution is -0.160. The Hall–Kier alpha value is -1.79. The van der Waals surface area contributed by atoms with E-state index in [1.807, 2.05) is 38.1 Å². The van der Waals surface area contributed by atoms with Crippen LogP contribution in [0.5, 0.6) is 0 Å². The van der Waals surface area contributed by atoms with E-state index in [1.54, 1.807) is 17.8 Å². The van der Waals surface area contributed by atoms with E-state index in [-0.39, 0.29) is 29.5 Å². The lowest BCUT2D eigenvalue weighted by Gasteiger charge is -2.24. The van der Waals surface area contributed by atoms with Gasteiger partial charge >= 0.3 is 0 Å². The number of aryl methyl sites for hydroxylation is 1. The molecule has 2 aliphatic heterocycles. The summed E-state index contributed by atoms with van der Waals surface area (Å²) >= 11 is 14.2. The van der Waals surface area contributed by atoms with Crippen LogP contribution in [0.1, 0.15) is 53.7 Å². The van der Waals surface area contributed by atoms with Gasteiger partial charge in [-0.25, -0.2) is 5.06 Å². The van der Waals surface area contributed by atoms with E-state index in [4.69, 9.17) is 28.0 Å². The molecule has 0 aliphatic carbocycles. The first-order valence-electron chi connectivity index (χ1n) is 10.6. The Kier molecular flexibility index (Phi) is 6.73. The van der Waals surface area contributed by atoms with Gasteiger partial charge in [0.1, 0.15) is 0 Å². The number of hydrogen-bond donors (Lipinski definition) is 0. The van der Waals surface area contributed by atoms with Crippen molar-refractivity contribution in [3.8, 4) is 0 Å². The molecule has 168 valence electrons. The first-order chi connectivity index (χ1) is 15.2. The zero-order valence-corrected chi connectivity index (χ0v) is 20.6. The summed E-state index contributed by atoms with van der Waals surface area (Å²) in [6.07, 6.45) is 1.00. The lowest BCUT2D eigenvalue weighted by Crippen LogP contribution is -2.27. The number of Topliss-reactive ketones (excluding diaryl/α,β-unsaturated/α-hetero) is 1. The van der Waals surface area contributed by atoms with Crippen LogP contribution in [0.15, 0.2) is 41.8 Å². The molecule has 4 nitrogen and oxygen atoms in total. The number of amides is 1. The highest BCUT2D eigenvalue weighted by molar-refractivity contribution is 8.03. The average molecular weight is 490 g/mol. The van der Waals surface area contributed by atoms with Crippen molar-refractivity contribution >= 4 is 52.2 Å². The van der Waals surface area contributed by atoms with Gasteiger partial charge in [-0.15, -0.1) is 11.8 Å². The van der Waals surface area contributed by atoms with Crippen LogP contribution >= 0.6 is 35.0 Å². The van der Waals surface area contributed by atoms with E-state index in [9.17, 15) is 9.59 Å². The summed E-state index contributed by atoms with van der Waals surface area (Å²) in [7, 11) is 0. The number of hydrogen-bond acceptors (Lipinski definition) is 4. The molecule has 1 saturated heterocycles. The van der Waals surface area contributed by atoms with Gasteiger partial charge in [0, 0.05) is 33.3 Å². The maximum atomic E-state index is 12.9. The van der Waals surface area contributed by atoms with Gasteiger partial charge in [-0.05, 0) is 73.1 Å². The number of nitrogens with zero attached hydrogens (tertiary/aromatic N) is 1. The van der Waals surface area contributed by atoms with Gasteiger partial charge < -0.3 is 0 Å². The van der Waals surface area contributed by atoms with Crippen LogP contribution in [0.25, 0.3) is 5.57 Å². The Morgan fingerprint density at radius 3 is 2.56 bits per heavy atom. The molecule has 1 unspecified atom stereocenters. The summed E-state index contributed by atoms with van der Waals surface area (Å²) in [5, 5.41) is 4.78. The van der Waals surface area contributed by atoms with Gasteiger partial charge in [-0.3, -0.25) is 14.4 Å². The highest BCUT2D eigenvalue weighted by Gasteiger charge is 2.35. The summed E-state index contributed by atoms with van der Waals surface area (Å²) in [6, 6.07) is 11.6. The summed E-state index contributed by atoms with van der Waals surface area (Å²) < 4.78 is -0.153. The van der Waals surface area contributed by atoms with E-state index in [0.29, 0.717) is 22.2 Å². The molecule has 2 heterocycles. The molecule has 0 spiro atoms. The van der Waals surface area contributed by atoms with E-state index >= 15 is 0 Å². The van der Waals surface area contributed by atoms with Crippen molar-refractivity contribution in [1.82, 2.24) is 5.06 Å². The number of allylic oxidation sites excluding steroid dienone is 1. The third-order valence-corrected chi connectivity index (χ3v) is 7.84. The maximum absolute atomic E-state index is 12.9. The average Bonchev–Trinajstić information content (AvgIpc) is 3.31. The molecule has 2 atom stereocenters. The summed E-state index contributed by atoms with van der Waals surface area (Å²) in [6.45, 7) is 6.75. The predicted octanol–water partition coefficient (Wildman–Crippen LogP) is 6.68. The Bertz CT molecular complexity index is 1100. The van der Waals surface area contributed by atoms with E-state index in [1.165, 1.54) is 10.6 Å². The van der Waals surface area contributed by atoms with Crippen LogP contribution in [0, 0.1) is 12.8 Å². The Balaban J connectivity index is 1.48. The summed E-state index contributed by atoms with van der Waals surface area (Å²) in [5.74, 6) is -0.536. The number of ketones is 1. The van der Waals surface area contributed by atoms with Gasteiger partial charge in [-0.1, -0.05) is 41.4 Å². The van der Waals surface area contributed by atoms with Crippen LogP contribution in [-0.4, -0.2) is 29.9 Å². The van der Waals surface area contributed by atoms with Gasteiger partial charge in [0.15, 0.2) is 5.78 Å². The standard InChI is InChI=1S/C25H25Cl2NO3S/c1-4-28-24(30)17(13-31-28)8-23(29)22-6-5-16(7-15(22)2)18-12-25(3,32-14-18)19-9-20(26)11-21(27)10-19/h5-7,9-11,14,17H,4,8,12-13H2,1-3H3/t17-,25?/m1/s1. The molecule has 0 bridgehead atoms. The molecule has 0 N–H and O–H groups in total. The minimum atomic E-state index is -0.402. The third kappa shape index (κ3) is 4.62. The summed E-state index contributed by atoms with van der Waals surface area (Å²) in [4.78, 5) is 30.5. The molecule has 2 aromatic carbocycles. The maximum Gasteiger partial charge on any atom is 0.252 e. The van der Waals surface area contributed by atoms with Crippen molar-refractivity contribution in [3.63, 3.8) is 0 Å². The van der Waals surface area contributed by atoms with E-state index in [2.05, 4.69) is 18.4 Å². The fourth-order valence-electron chi connectivity index (χ4n) is 4.27. The molecule has 1 amide bonds. The first-order valence-corrected chi connectivity index (χ1v) is 12.3. The Morgan fingerprint density at radius 1 is 1.22 bits per heavy atom. The van der Waals surface area contributed by atoms with Crippen molar-refractivity contribution in [2.24, 2.45) is 5.92 Å². The highest BCUT2D eigenvalue weighted by Crippen LogP contribution is 2.51. The lowest BCUT2D eigenvalue weighted by atomic mass is 9.88. The molecule has 0 aromatic heterocycles. The minimum absolute atomic E-state index is 0.0258. The van der Waals surface area contributed by atoms with Crippen molar-refractivity contribution in [1.29, 1.82) is 0 Å². The van der Waals surface area contributed by atoms with Gasteiger partial charge in [-0.2, -0.15) is 0 Å². The molecule has 0 radical (unpaired) electrons. The number of halogens is 2. The molecular formula is C25H25Cl2NO3S. The number of carbonyl (C=O) groups is 2. The van der Waals surface area contributed by atoms with Gasteiger partial charge in [0.2, 0.25) is 0 Å². The number of benzene rings is 2. The van der Waals surface area contributed by atoms with Crippen molar-refractivity contribution in [2.45, 2.75) is 38.4 Å². The predicted molar refractivity (Wildman–Crippen MR) is 131 cm³/mol. The van der Waals surface area contributed by atoms with Gasteiger partial charge in [0.25, 0.3) is 5.91 Å². The first kappa shape index (κ1) is 23.4. The zero-order chi connectivity index (χ0) is 23.0. The molecule has 0 saturated carbocycles. The molecule has 4 rings (SSSR count). The molecule has 1 fully saturated rings. The fourth-order valence-corrected chi connectivity index (χ4v) is 5.91. The minimum Gasteiger partial charge on any atom is -0.294 e. The molecule has 7 heteroatoms. The second-order valence-electron chi connectivity index (χ2n) is 8.51. The van der Waals surface area contributed by atoms with Crippen LogP contribution in [0.2, 0.25) is 10.0 Å². The van der Waals surface area contributed by atoms with Crippen LogP contribution in [-0.2, 0) is 14.4 Å². The molecular weight excluding hydrogens is 465 g/mol. The summed E-state index contributed by atoms with van der Waals surface area (Å²) in [5.41, 5.74) is 4.98. The smallest absolute Gasteiger partial charge is 0.252 e. The SMILES string of the molecule is CCN1OC[C@@H](CC(=O)c2ccc(C3=CSC(C)(c4cc(Cl)cc(Cl)c4)C3)cc2C)C1=O. The largest absolute Gasteiger partial charge is 0.294 e. The second-order valence-corrected chi connectivity index (χ2v) is 10.8. The molecule has 32 heavy (non-hydrogen) atoms. The third-order valence-electron chi connectivity index (χ3n) is 6.11. The zero-order valence-electron chi connectivity index (χ0n) is 18.3. The molecule has 2 aliphatic rings. The number of rotatable bonds is 6. The highest BCUT2D eigenvalue weighted by atomic mass is 35.5. The van der Waals surface area contributed by atoms with Gasteiger partial charge in [0.05, 0.1) is 12.5 Å². The number of hydroxylamine groups is 2. The second kappa shape index (κ2) is 9.22. The quantitative estimate of drug-likeness (QED) is 0.424. The Labute approximate surface area is 202 Å². The molecule has 2 aromatic rings. The number of thioether (sulfide) groups is 1.